The minimum Gasteiger partial charge on any atom is -0.383 e. The Kier molecular flexibility index (Phi) is 8.46. The molecule has 1 unspecified atom stereocenters. The molecule has 20 heavy (non-hydrogen) atoms. The SMILES string of the molecule is CNC(CN(CCOC)CCOC)c1ccccc1C. The highest BCUT2D eigenvalue weighted by Gasteiger charge is 2.15. The van der Waals surface area contributed by atoms with Crippen molar-refractivity contribution in [2.24, 2.45) is 0 Å². The van der Waals surface area contributed by atoms with Gasteiger partial charge in [-0.05, 0) is 25.1 Å². The average Bonchev–Trinajstić information content (AvgIpc) is 2.47. The molecule has 0 aliphatic heterocycles. The van der Waals surface area contributed by atoms with E-state index < -0.39 is 0 Å². The van der Waals surface area contributed by atoms with Gasteiger partial charge in [0, 0.05) is 39.9 Å². The summed E-state index contributed by atoms with van der Waals surface area (Å²) >= 11 is 0. The first-order chi connectivity index (χ1) is 9.72. The second-order valence-electron chi connectivity index (χ2n) is 4.98. The molecule has 1 rings (SSSR count). The summed E-state index contributed by atoms with van der Waals surface area (Å²) in [5.41, 5.74) is 2.68. The number of benzene rings is 1. The lowest BCUT2D eigenvalue weighted by atomic mass is 10.0. The molecule has 0 spiro atoms. The Hall–Kier alpha value is -0.940. The molecule has 0 bridgehead atoms. The van der Waals surface area contributed by atoms with Crippen molar-refractivity contribution in [1.82, 2.24) is 10.2 Å². The van der Waals surface area contributed by atoms with E-state index in [0.29, 0.717) is 6.04 Å². The Bertz CT molecular complexity index is 363. The number of hydrogen-bond donors (Lipinski definition) is 1. The van der Waals surface area contributed by atoms with E-state index >= 15 is 0 Å². The summed E-state index contributed by atoms with van der Waals surface area (Å²) in [5.74, 6) is 0. The summed E-state index contributed by atoms with van der Waals surface area (Å²) in [5, 5.41) is 3.42. The lowest BCUT2D eigenvalue weighted by molar-refractivity contribution is 0.108. The summed E-state index contributed by atoms with van der Waals surface area (Å²) in [7, 11) is 5.50. The third-order valence-corrected chi connectivity index (χ3v) is 3.58. The molecule has 0 saturated heterocycles. The van der Waals surface area contributed by atoms with Gasteiger partial charge in [-0.15, -0.1) is 0 Å². The van der Waals surface area contributed by atoms with Crippen molar-refractivity contribution in [3.63, 3.8) is 0 Å². The first kappa shape index (κ1) is 17.1. The molecule has 4 heteroatoms. The zero-order valence-electron chi connectivity index (χ0n) is 13.2. The first-order valence-corrected chi connectivity index (χ1v) is 7.16. The third kappa shape index (κ3) is 5.59. The zero-order chi connectivity index (χ0) is 14.8. The average molecular weight is 280 g/mol. The molecule has 0 radical (unpaired) electrons. The number of nitrogens with one attached hydrogen (secondary N) is 1. The van der Waals surface area contributed by atoms with Crippen LogP contribution in [-0.4, -0.2) is 59.0 Å². The van der Waals surface area contributed by atoms with Crippen LogP contribution < -0.4 is 5.32 Å². The van der Waals surface area contributed by atoms with Crippen LogP contribution in [0.4, 0.5) is 0 Å². The highest BCUT2D eigenvalue weighted by Crippen LogP contribution is 2.18. The number of nitrogens with zero attached hydrogens (tertiary/aromatic N) is 1. The van der Waals surface area contributed by atoms with Gasteiger partial charge in [-0.3, -0.25) is 4.90 Å². The van der Waals surface area contributed by atoms with Gasteiger partial charge in [0.25, 0.3) is 0 Å². The maximum atomic E-state index is 5.19. The molecule has 0 fully saturated rings. The van der Waals surface area contributed by atoms with Gasteiger partial charge < -0.3 is 14.8 Å². The van der Waals surface area contributed by atoms with Crippen LogP contribution in [0.15, 0.2) is 24.3 Å². The number of rotatable bonds is 10. The van der Waals surface area contributed by atoms with Crippen molar-refractivity contribution in [3.8, 4) is 0 Å². The van der Waals surface area contributed by atoms with Gasteiger partial charge in [0.1, 0.15) is 0 Å². The third-order valence-electron chi connectivity index (χ3n) is 3.58. The van der Waals surface area contributed by atoms with Crippen molar-refractivity contribution in [1.29, 1.82) is 0 Å². The monoisotopic (exact) mass is 280 g/mol. The molecule has 0 amide bonds. The fourth-order valence-corrected chi connectivity index (χ4v) is 2.32. The van der Waals surface area contributed by atoms with Crippen molar-refractivity contribution in [2.75, 3.05) is 54.1 Å². The topological polar surface area (TPSA) is 33.7 Å². The predicted octanol–water partition coefficient (Wildman–Crippen LogP) is 1.85. The quantitative estimate of drug-likeness (QED) is 0.709. The first-order valence-electron chi connectivity index (χ1n) is 7.16. The molecule has 0 aromatic heterocycles. The fourth-order valence-electron chi connectivity index (χ4n) is 2.32. The molecule has 0 saturated carbocycles. The van der Waals surface area contributed by atoms with E-state index in [1.54, 1.807) is 14.2 Å². The van der Waals surface area contributed by atoms with Crippen LogP contribution in [0.2, 0.25) is 0 Å². The smallest absolute Gasteiger partial charge is 0.0589 e. The molecule has 114 valence electrons. The number of methoxy groups -OCH3 is 2. The van der Waals surface area contributed by atoms with E-state index in [4.69, 9.17) is 9.47 Å². The summed E-state index contributed by atoms with van der Waals surface area (Å²) in [6.07, 6.45) is 0. The Morgan fingerprint density at radius 2 is 1.70 bits per heavy atom. The van der Waals surface area contributed by atoms with Crippen molar-refractivity contribution in [2.45, 2.75) is 13.0 Å². The molecule has 0 aliphatic rings. The molecule has 1 aromatic carbocycles. The summed E-state index contributed by atoms with van der Waals surface area (Å²) in [6.45, 7) is 6.44. The Morgan fingerprint density at radius 3 is 2.20 bits per heavy atom. The normalized spacial score (nSPS) is 12.8. The lowest BCUT2D eigenvalue weighted by Gasteiger charge is -2.28. The minimum atomic E-state index is 0.324. The van der Waals surface area contributed by atoms with E-state index in [1.807, 2.05) is 7.05 Å². The van der Waals surface area contributed by atoms with Crippen molar-refractivity contribution < 1.29 is 9.47 Å². The Labute approximate surface area is 123 Å². The maximum Gasteiger partial charge on any atom is 0.0589 e. The highest BCUT2D eigenvalue weighted by atomic mass is 16.5. The van der Waals surface area contributed by atoms with Gasteiger partial charge in [-0.25, -0.2) is 0 Å². The molecular formula is C16H28N2O2. The van der Waals surface area contributed by atoms with Crippen LogP contribution >= 0.6 is 0 Å². The van der Waals surface area contributed by atoms with Crippen molar-refractivity contribution >= 4 is 0 Å². The molecule has 0 heterocycles. The number of ether oxygens (including phenoxy) is 2. The van der Waals surface area contributed by atoms with E-state index in [2.05, 4.69) is 41.4 Å². The molecule has 4 nitrogen and oxygen atoms in total. The van der Waals surface area contributed by atoms with Gasteiger partial charge >= 0.3 is 0 Å². The molecular weight excluding hydrogens is 252 g/mol. The van der Waals surface area contributed by atoms with Crippen LogP contribution in [-0.2, 0) is 9.47 Å². The van der Waals surface area contributed by atoms with Crippen LogP contribution in [0.25, 0.3) is 0 Å². The van der Waals surface area contributed by atoms with E-state index in [9.17, 15) is 0 Å². The molecule has 1 atom stereocenters. The van der Waals surface area contributed by atoms with Crippen LogP contribution in [0, 0.1) is 6.92 Å². The highest BCUT2D eigenvalue weighted by molar-refractivity contribution is 5.28. The molecule has 0 aliphatic carbocycles. The maximum absolute atomic E-state index is 5.19. The van der Waals surface area contributed by atoms with Gasteiger partial charge in [-0.2, -0.15) is 0 Å². The van der Waals surface area contributed by atoms with Gasteiger partial charge in [0.05, 0.1) is 13.2 Å². The Balaban J connectivity index is 2.69. The second-order valence-corrected chi connectivity index (χ2v) is 4.98. The fraction of sp³-hybridized carbons (Fsp3) is 0.625. The number of likely N-dealkylation sites (N-methyl/N-ethyl adjacent to an activating group) is 1. The predicted molar refractivity (Wildman–Crippen MR) is 83.2 cm³/mol. The van der Waals surface area contributed by atoms with E-state index in [-0.39, 0.29) is 0 Å². The van der Waals surface area contributed by atoms with E-state index in [0.717, 1.165) is 32.8 Å². The van der Waals surface area contributed by atoms with E-state index in [1.165, 1.54) is 11.1 Å². The van der Waals surface area contributed by atoms with Gasteiger partial charge in [-0.1, -0.05) is 24.3 Å². The lowest BCUT2D eigenvalue weighted by Crippen LogP contribution is -2.38. The summed E-state index contributed by atoms with van der Waals surface area (Å²) < 4.78 is 10.4. The van der Waals surface area contributed by atoms with Gasteiger partial charge in [0.2, 0.25) is 0 Å². The summed E-state index contributed by atoms with van der Waals surface area (Å²) in [6, 6.07) is 8.86. The summed E-state index contributed by atoms with van der Waals surface area (Å²) in [4.78, 5) is 2.38. The largest absolute Gasteiger partial charge is 0.383 e. The van der Waals surface area contributed by atoms with Crippen molar-refractivity contribution in [3.05, 3.63) is 35.4 Å². The standard InChI is InChI=1S/C16H28N2O2/c1-14-7-5-6-8-15(14)16(17-2)13-18(9-11-19-3)10-12-20-4/h5-8,16-17H,9-13H2,1-4H3. The Morgan fingerprint density at radius 1 is 1.10 bits per heavy atom. The minimum absolute atomic E-state index is 0.324. The second kappa shape index (κ2) is 9.88. The van der Waals surface area contributed by atoms with Crippen LogP contribution in [0.1, 0.15) is 17.2 Å². The van der Waals surface area contributed by atoms with Crippen LogP contribution in [0.3, 0.4) is 0 Å². The van der Waals surface area contributed by atoms with Crippen LogP contribution in [0.5, 0.6) is 0 Å². The molecule has 1 aromatic rings. The zero-order valence-corrected chi connectivity index (χ0v) is 13.2. The number of aryl methyl sites for hydroxylation is 1. The molecule has 1 N–H and O–H groups in total. The number of hydrogen-bond acceptors (Lipinski definition) is 4. The van der Waals surface area contributed by atoms with Gasteiger partial charge in [0.15, 0.2) is 0 Å².